The van der Waals surface area contributed by atoms with E-state index in [1.165, 1.54) is 0 Å². The van der Waals surface area contributed by atoms with Crippen molar-refractivity contribution in [1.82, 2.24) is 14.6 Å². The maximum absolute atomic E-state index is 10.2. The predicted molar refractivity (Wildman–Crippen MR) is 104 cm³/mol. The second-order valence-corrected chi connectivity index (χ2v) is 8.02. The first-order valence-corrected chi connectivity index (χ1v) is 9.54. The molecule has 1 aromatic carbocycles. The maximum atomic E-state index is 10.2. The molecule has 4 rings (SSSR count). The molecule has 0 aliphatic heterocycles. The highest BCUT2D eigenvalue weighted by atomic mass is 79.9. The van der Waals surface area contributed by atoms with Crippen molar-refractivity contribution < 1.29 is 10.2 Å². The van der Waals surface area contributed by atoms with Crippen molar-refractivity contribution in [3.05, 3.63) is 46.0 Å². The summed E-state index contributed by atoms with van der Waals surface area (Å²) in [6.45, 7) is 1.92. The van der Waals surface area contributed by atoms with Crippen LogP contribution >= 0.6 is 27.5 Å². The molecular weight excluding hydrogens is 420 g/mol. The number of aliphatic hydroxyl groups is 2. The number of aromatic nitrogens is 3. The summed E-state index contributed by atoms with van der Waals surface area (Å²) >= 11 is 9.60. The molecule has 6 nitrogen and oxygen atoms in total. The van der Waals surface area contributed by atoms with Gasteiger partial charge in [-0.1, -0.05) is 46.6 Å². The summed E-state index contributed by atoms with van der Waals surface area (Å²) in [7, 11) is 0. The van der Waals surface area contributed by atoms with Gasteiger partial charge in [-0.25, -0.2) is 4.98 Å². The summed E-state index contributed by atoms with van der Waals surface area (Å²) in [5, 5.41) is 28.5. The third-order valence-corrected chi connectivity index (χ3v) is 5.56. The monoisotopic (exact) mass is 436 g/mol. The number of nitrogens with one attached hydrogen (secondary N) is 1. The van der Waals surface area contributed by atoms with Gasteiger partial charge in [-0.2, -0.15) is 9.61 Å². The highest BCUT2D eigenvalue weighted by Gasteiger charge is 2.39. The molecule has 1 aliphatic rings. The molecule has 0 unspecified atom stereocenters. The van der Waals surface area contributed by atoms with Gasteiger partial charge in [-0.05, 0) is 24.5 Å². The number of hydrogen-bond donors (Lipinski definition) is 3. The molecule has 2 heterocycles. The average molecular weight is 438 g/mol. The van der Waals surface area contributed by atoms with Gasteiger partial charge in [0.25, 0.3) is 0 Å². The Morgan fingerprint density at radius 3 is 2.58 bits per heavy atom. The van der Waals surface area contributed by atoms with Crippen molar-refractivity contribution in [2.24, 2.45) is 5.92 Å². The van der Waals surface area contributed by atoms with Gasteiger partial charge in [0.1, 0.15) is 17.1 Å². The van der Waals surface area contributed by atoms with Gasteiger partial charge in [0.05, 0.1) is 17.8 Å². The van der Waals surface area contributed by atoms with E-state index >= 15 is 0 Å². The molecule has 3 N–H and O–H groups in total. The number of aliphatic hydroxyl groups excluding tert-OH is 2. The lowest BCUT2D eigenvalue weighted by Crippen LogP contribution is -2.35. The topological polar surface area (TPSA) is 82.7 Å². The molecule has 8 heteroatoms. The van der Waals surface area contributed by atoms with Crippen molar-refractivity contribution in [2.45, 2.75) is 31.6 Å². The van der Waals surface area contributed by atoms with E-state index in [1.807, 2.05) is 37.3 Å². The Hall–Kier alpha value is -1.67. The van der Waals surface area contributed by atoms with Crippen LogP contribution in [0.4, 0.5) is 5.82 Å². The van der Waals surface area contributed by atoms with Gasteiger partial charge >= 0.3 is 0 Å². The molecule has 2 aromatic heterocycles. The zero-order valence-electron chi connectivity index (χ0n) is 14.0. The molecule has 4 atom stereocenters. The van der Waals surface area contributed by atoms with Crippen molar-refractivity contribution in [2.75, 3.05) is 5.32 Å². The summed E-state index contributed by atoms with van der Waals surface area (Å²) in [6, 6.07) is 11.1. The molecule has 26 heavy (non-hydrogen) atoms. The van der Waals surface area contributed by atoms with E-state index in [9.17, 15) is 10.2 Å². The smallest absolute Gasteiger partial charge is 0.159 e. The van der Waals surface area contributed by atoms with Crippen molar-refractivity contribution >= 4 is 39.0 Å². The quantitative estimate of drug-likeness (QED) is 0.547. The van der Waals surface area contributed by atoms with Crippen LogP contribution in [0.15, 0.2) is 40.9 Å². The van der Waals surface area contributed by atoms with Crippen LogP contribution in [0, 0.1) is 5.92 Å². The van der Waals surface area contributed by atoms with E-state index in [4.69, 9.17) is 11.6 Å². The van der Waals surface area contributed by atoms with Crippen LogP contribution in [0.2, 0.25) is 5.15 Å². The predicted octanol–water partition coefficient (Wildman–Crippen LogP) is 3.35. The number of nitrogens with zero attached hydrogens (tertiary/aromatic N) is 3. The number of benzene rings is 1. The van der Waals surface area contributed by atoms with Gasteiger partial charge in [-0.3, -0.25) is 0 Å². The van der Waals surface area contributed by atoms with Gasteiger partial charge in [-0.15, -0.1) is 0 Å². The zero-order valence-corrected chi connectivity index (χ0v) is 16.3. The third kappa shape index (κ3) is 3.20. The summed E-state index contributed by atoms with van der Waals surface area (Å²) in [5.41, 5.74) is 2.35. The van der Waals surface area contributed by atoms with Gasteiger partial charge in [0.2, 0.25) is 0 Å². The van der Waals surface area contributed by atoms with Gasteiger partial charge in [0.15, 0.2) is 5.65 Å². The van der Waals surface area contributed by atoms with Crippen LogP contribution in [-0.2, 0) is 0 Å². The van der Waals surface area contributed by atoms with Gasteiger partial charge < -0.3 is 15.5 Å². The van der Waals surface area contributed by atoms with Crippen LogP contribution in [0.1, 0.15) is 13.3 Å². The normalized spacial score (nSPS) is 25.7. The molecule has 0 saturated heterocycles. The number of anilines is 1. The molecule has 0 spiro atoms. The number of halogens is 2. The Kier molecular flexibility index (Phi) is 4.64. The minimum atomic E-state index is -0.839. The maximum Gasteiger partial charge on any atom is 0.159 e. The zero-order chi connectivity index (χ0) is 18.4. The summed E-state index contributed by atoms with van der Waals surface area (Å²) in [6.07, 6.45) is -0.922. The largest absolute Gasteiger partial charge is 0.390 e. The second kappa shape index (κ2) is 6.81. The second-order valence-electron chi connectivity index (χ2n) is 6.72. The van der Waals surface area contributed by atoms with Crippen LogP contribution in [0.3, 0.4) is 0 Å². The molecule has 1 fully saturated rings. The molecule has 1 aliphatic carbocycles. The first kappa shape index (κ1) is 17.7. The first-order valence-electron chi connectivity index (χ1n) is 8.37. The lowest BCUT2D eigenvalue weighted by molar-refractivity contribution is 0.0210. The van der Waals surface area contributed by atoms with Crippen LogP contribution < -0.4 is 5.32 Å². The highest BCUT2D eigenvalue weighted by molar-refractivity contribution is 9.10. The lowest BCUT2D eigenvalue weighted by atomic mass is 10.1. The molecule has 0 radical (unpaired) electrons. The number of hydrogen-bond acceptors (Lipinski definition) is 5. The molecule has 136 valence electrons. The van der Waals surface area contributed by atoms with Crippen LogP contribution in [0.5, 0.6) is 0 Å². The molecule has 0 bridgehead atoms. The minimum absolute atomic E-state index is 0.0197. The van der Waals surface area contributed by atoms with E-state index in [-0.39, 0.29) is 12.0 Å². The Morgan fingerprint density at radius 2 is 1.92 bits per heavy atom. The number of fused-ring (bicyclic) bond motifs is 1. The van der Waals surface area contributed by atoms with Gasteiger partial charge in [0, 0.05) is 22.2 Å². The fourth-order valence-corrected chi connectivity index (χ4v) is 3.85. The van der Waals surface area contributed by atoms with Crippen molar-refractivity contribution in [3.63, 3.8) is 0 Å². The third-order valence-electron chi connectivity index (χ3n) is 4.84. The van der Waals surface area contributed by atoms with E-state index in [2.05, 4.69) is 31.3 Å². The SMILES string of the molecule is C[C@@H]1C[C@@H](Nc2cc(Cl)nc3cc(-c4ccc(Br)cc4)nn23)[C@H](O)[C@@H]1O. The van der Waals surface area contributed by atoms with Crippen LogP contribution in [0.25, 0.3) is 16.9 Å². The molecule has 1 saturated carbocycles. The van der Waals surface area contributed by atoms with Crippen LogP contribution in [-0.4, -0.2) is 43.1 Å². The summed E-state index contributed by atoms with van der Waals surface area (Å²) < 4.78 is 2.67. The Balaban J connectivity index is 1.72. The van der Waals surface area contributed by atoms with E-state index in [0.29, 0.717) is 23.0 Å². The molecule has 3 aromatic rings. The standard InChI is InChI=1S/C18H18BrClN4O2/c1-9-6-13(18(26)17(9)25)21-16-8-14(20)22-15-7-12(23-24(15)16)10-2-4-11(19)5-3-10/h2-5,7-9,13,17-18,21,25-26H,6H2,1H3/t9-,13-,17-,18+/m1/s1. The average Bonchev–Trinajstić information content (AvgIpc) is 3.13. The Bertz CT molecular complexity index is 946. The molecular formula is C18H18BrClN4O2. The number of rotatable bonds is 3. The van der Waals surface area contributed by atoms with Crippen molar-refractivity contribution in [1.29, 1.82) is 0 Å². The van der Waals surface area contributed by atoms with E-state index in [1.54, 1.807) is 10.6 Å². The minimum Gasteiger partial charge on any atom is -0.390 e. The lowest BCUT2D eigenvalue weighted by Gasteiger charge is -2.19. The van der Waals surface area contributed by atoms with Crippen molar-refractivity contribution in [3.8, 4) is 11.3 Å². The fourth-order valence-electron chi connectivity index (χ4n) is 3.40. The Labute approximate surface area is 164 Å². The molecule has 0 amide bonds. The summed E-state index contributed by atoms with van der Waals surface area (Å²) in [5.74, 6) is 0.653. The van der Waals surface area contributed by atoms with E-state index in [0.717, 1.165) is 15.7 Å². The van der Waals surface area contributed by atoms with E-state index < -0.39 is 12.2 Å². The highest BCUT2D eigenvalue weighted by Crippen LogP contribution is 2.30. The fraction of sp³-hybridized carbons (Fsp3) is 0.333. The Morgan fingerprint density at radius 1 is 1.19 bits per heavy atom. The first-order chi connectivity index (χ1) is 12.4. The summed E-state index contributed by atoms with van der Waals surface area (Å²) in [4.78, 5) is 4.33.